The normalized spacial score (nSPS) is 12.9. The Balaban J connectivity index is 3.43. The zero-order chi connectivity index (χ0) is 49.3. The van der Waals surface area contributed by atoms with Gasteiger partial charge in [0.15, 0.2) is 0 Å². The van der Waals surface area contributed by atoms with Gasteiger partial charge in [0.25, 0.3) is 0 Å². The van der Waals surface area contributed by atoms with E-state index in [0.29, 0.717) is 19.4 Å². The average molecular weight is 955 g/mol. The standard InChI is InChI=1S/C62H115NO5/c1-3-5-7-9-11-13-15-17-18-25-29-32-36-40-44-48-52-56-62(67)68-57-53-49-45-41-37-33-30-27-24-22-20-19-21-23-26-28-31-35-39-43-47-51-55-61(66)63-59(58-64)60(65)54-50-46-42-38-34-16-14-12-10-8-6-4-2/h11,13,17-18,21,23,50,54,59-60,64-65H,3-10,12,14-16,19-20,22,24-49,51-53,55-58H2,1-2H3,(H,63,66)/b13-11-,18-17-,23-21-,54-50+. The van der Waals surface area contributed by atoms with E-state index in [1.165, 1.54) is 225 Å². The number of unbranched alkanes of at least 4 members (excludes halogenated alkanes) is 38. The number of aliphatic hydroxyl groups excluding tert-OH is 2. The first-order chi connectivity index (χ1) is 33.5. The first-order valence-corrected chi connectivity index (χ1v) is 29.9. The number of rotatable bonds is 55. The number of hydrogen-bond acceptors (Lipinski definition) is 5. The molecule has 3 N–H and O–H groups in total. The predicted molar refractivity (Wildman–Crippen MR) is 296 cm³/mol. The van der Waals surface area contributed by atoms with Gasteiger partial charge in [0.2, 0.25) is 5.91 Å². The molecule has 0 saturated carbocycles. The number of carbonyl (C=O) groups is 2. The van der Waals surface area contributed by atoms with Crippen molar-refractivity contribution < 1.29 is 24.5 Å². The van der Waals surface area contributed by atoms with Crippen molar-refractivity contribution in [3.05, 3.63) is 48.6 Å². The molecule has 0 aliphatic carbocycles. The topological polar surface area (TPSA) is 95.9 Å². The van der Waals surface area contributed by atoms with E-state index in [4.69, 9.17) is 4.74 Å². The van der Waals surface area contributed by atoms with Crippen molar-refractivity contribution in [1.82, 2.24) is 5.32 Å². The summed E-state index contributed by atoms with van der Waals surface area (Å²) in [7, 11) is 0. The zero-order valence-electron chi connectivity index (χ0n) is 45.3. The largest absolute Gasteiger partial charge is 0.466 e. The van der Waals surface area contributed by atoms with Gasteiger partial charge in [-0.25, -0.2) is 0 Å². The van der Waals surface area contributed by atoms with E-state index in [-0.39, 0.29) is 18.5 Å². The maximum atomic E-state index is 12.4. The Morgan fingerprint density at radius 3 is 1.16 bits per heavy atom. The van der Waals surface area contributed by atoms with Crippen molar-refractivity contribution >= 4 is 11.9 Å². The van der Waals surface area contributed by atoms with Crippen molar-refractivity contribution in [2.24, 2.45) is 0 Å². The van der Waals surface area contributed by atoms with Gasteiger partial charge in [-0.1, -0.05) is 255 Å². The highest BCUT2D eigenvalue weighted by Gasteiger charge is 2.18. The second-order valence-electron chi connectivity index (χ2n) is 20.3. The first-order valence-electron chi connectivity index (χ1n) is 29.9. The van der Waals surface area contributed by atoms with Crippen LogP contribution in [0.15, 0.2) is 48.6 Å². The van der Waals surface area contributed by atoms with Gasteiger partial charge in [-0.3, -0.25) is 9.59 Å². The molecule has 0 aliphatic heterocycles. The van der Waals surface area contributed by atoms with E-state index >= 15 is 0 Å². The first kappa shape index (κ1) is 65.8. The third-order valence-corrected chi connectivity index (χ3v) is 13.6. The molecule has 0 spiro atoms. The molecule has 0 aromatic heterocycles. The van der Waals surface area contributed by atoms with Crippen LogP contribution in [0.25, 0.3) is 0 Å². The van der Waals surface area contributed by atoms with E-state index in [9.17, 15) is 19.8 Å². The molecule has 6 heteroatoms. The van der Waals surface area contributed by atoms with Crippen molar-refractivity contribution in [3.8, 4) is 0 Å². The molecule has 2 unspecified atom stereocenters. The lowest BCUT2D eigenvalue weighted by molar-refractivity contribution is -0.143. The number of esters is 1. The smallest absolute Gasteiger partial charge is 0.305 e. The number of hydrogen-bond donors (Lipinski definition) is 3. The molecular formula is C62H115NO5. The summed E-state index contributed by atoms with van der Waals surface area (Å²) in [5, 5.41) is 23.0. The molecule has 0 heterocycles. The third kappa shape index (κ3) is 53.2. The highest BCUT2D eigenvalue weighted by atomic mass is 16.5. The summed E-state index contributed by atoms with van der Waals surface area (Å²) in [4.78, 5) is 24.5. The van der Waals surface area contributed by atoms with Gasteiger partial charge in [0.1, 0.15) is 0 Å². The molecule has 0 aromatic carbocycles. The summed E-state index contributed by atoms with van der Waals surface area (Å²) in [6.45, 7) is 4.86. The van der Waals surface area contributed by atoms with Gasteiger partial charge in [-0.15, -0.1) is 0 Å². The van der Waals surface area contributed by atoms with Crippen LogP contribution in [-0.2, 0) is 14.3 Å². The molecule has 0 aromatic rings. The summed E-state index contributed by atoms with van der Waals surface area (Å²) in [5.41, 5.74) is 0. The Bertz CT molecular complexity index is 1150. The van der Waals surface area contributed by atoms with Crippen LogP contribution in [0.3, 0.4) is 0 Å². The molecule has 398 valence electrons. The lowest BCUT2D eigenvalue weighted by Gasteiger charge is -2.20. The molecule has 0 rings (SSSR count). The molecular weight excluding hydrogens is 839 g/mol. The van der Waals surface area contributed by atoms with Gasteiger partial charge in [0.05, 0.1) is 25.4 Å². The summed E-state index contributed by atoms with van der Waals surface area (Å²) >= 11 is 0. The van der Waals surface area contributed by atoms with E-state index in [1.807, 2.05) is 6.08 Å². The predicted octanol–water partition coefficient (Wildman–Crippen LogP) is 18.6. The van der Waals surface area contributed by atoms with Gasteiger partial charge >= 0.3 is 5.97 Å². The van der Waals surface area contributed by atoms with E-state index < -0.39 is 12.1 Å². The van der Waals surface area contributed by atoms with Crippen LogP contribution in [0.1, 0.15) is 309 Å². The minimum Gasteiger partial charge on any atom is -0.466 e. The highest BCUT2D eigenvalue weighted by Crippen LogP contribution is 2.16. The van der Waals surface area contributed by atoms with Crippen LogP contribution in [0.2, 0.25) is 0 Å². The summed E-state index contributed by atoms with van der Waals surface area (Å²) in [6.07, 6.45) is 72.8. The van der Waals surface area contributed by atoms with Gasteiger partial charge in [0, 0.05) is 12.8 Å². The van der Waals surface area contributed by atoms with Crippen LogP contribution in [0.4, 0.5) is 0 Å². The fourth-order valence-electron chi connectivity index (χ4n) is 8.95. The zero-order valence-corrected chi connectivity index (χ0v) is 45.3. The van der Waals surface area contributed by atoms with E-state index in [2.05, 4.69) is 55.6 Å². The fraction of sp³-hybridized carbons (Fsp3) is 0.839. The fourth-order valence-corrected chi connectivity index (χ4v) is 8.95. The number of amides is 1. The Hall–Kier alpha value is -2.18. The molecule has 6 nitrogen and oxygen atoms in total. The Kier molecular flexibility index (Phi) is 55.6. The number of aliphatic hydroxyl groups is 2. The van der Waals surface area contributed by atoms with Crippen molar-refractivity contribution in [1.29, 1.82) is 0 Å². The lowest BCUT2D eigenvalue weighted by atomic mass is 10.0. The molecule has 0 bridgehead atoms. The second kappa shape index (κ2) is 57.4. The highest BCUT2D eigenvalue weighted by molar-refractivity contribution is 5.76. The number of nitrogens with one attached hydrogen (secondary N) is 1. The molecule has 0 saturated heterocycles. The quantitative estimate of drug-likeness (QED) is 0.0321. The van der Waals surface area contributed by atoms with Gasteiger partial charge in [-0.2, -0.15) is 0 Å². The maximum absolute atomic E-state index is 12.4. The average Bonchev–Trinajstić information content (AvgIpc) is 3.34. The summed E-state index contributed by atoms with van der Waals surface area (Å²) < 4.78 is 5.48. The van der Waals surface area contributed by atoms with E-state index in [0.717, 1.165) is 57.8 Å². The third-order valence-electron chi connectivity index (χ3n) is 13.6. The molecule has 0 fully saturated rings. The minimum absolute atomic E-state index is 0.00110. The molecule has 2 atom stereocenters. The van der Waals surface area contributed by atoms with Gasteiger partial charge < -0.3 is 20.3 Å². The molecule has 0 radical (unpaired) electrons. The van der Waals surface area contributed by atoms with Crippen molar-refractivity contribution in [3.63, 3.8) is 0 Å². The maximum Gasteiger partial charge on any atom is 0.305 e. The lowest BCUT2D eigenvalue weighted by Crippen LogP contribution is -2.45. The Labute approximate surface area is 423 Å². The van der Waals surface area contributed by atoms with Crippen LogP contribution in [0.5, 0.6) is 0 Å². The second-order valence-corrected chi connectivity index (χ2v) is 20.3. The summed E-state index contributed by atoms with van der Waals surface area (Å²) in [5.74, 6) is -0.0751. The summed E-state index contributed by atoms with van der Waals surface area (Å²) in [6, 6.07) is -0.633. The Morgan fingerprint density at radius 2 is 0.735 bits per heavy atom. The Morgan fingerprint density at radius 1 is 0.412 bits per heavy atom. The minimum atomic E-state index is -0.848. The number of carbonyl (C=O) groups excluding carboxylic acids is 2. The molecule has 1 amide bonds. The van der Waals surface area contributed by atoms with Crippen LogP contribution in [-0.4, -0.2) is 47.4 Å². The van der Waals surface area contributed by atoms with Crippen LogP contribution < -0.4 is 5.32 Å². The van der Waals surface area contributed by atoms with Gasteiger partial charge in [-0.05, 0) is 89.9 Å². The van der Waals surface area contributed by atoms with Crippen molar-refractivity contribution in [2.45, 2.75) is 321 Å². The number of ether oxygens (including phenoxy) is 1. The number of allylic oxidation sites excluding steroid dienone is 7. The van der Waals surface area contributed by atoms with Crippen LogP contribution in [0, 0.1) is 0 Å². The molecule has 0 aliphatic rings. The molecule has 68 heavy (non-hydrogen) atoms. The monoisotopic (exact) mass is 954 g/mol. The van der Waals surface area contributed by atoms with Crippen molar-refractivity contribution in [2.75, 3.05) is 13.2 Å². The SMILES string of the molecule is CCCCC/C=C\C/C=C\CCCCCCCCCC(=O)OCCCCCCCCCCCCC/C=C\CCCCCCCCCC(=O)NC(CO)C(O)/C=C/CCCCCCCCCCCC. The van der Waals surface area contributed by atoms with E-state index in [1.54, 1.807) is 6.08 Å². The van der Waals surface area contributed by atoms with Crippen LogP contribution >= 0.6 is 0 Å².